The summed E-state index contributed by atoms with van der Waals surface area (Å²) in [5.74, 6) is -1.24. The zero-order valence-electron chi connectivity index (χ0n) is 19.7. The van der Waals surface area contributed by atoms with Gasteiger partial charge in [0.1, 0.15) is 12.4 Å². The molecule has 4 N–H and O–H groups in total. The number of hydrogen-bond donors (Lipinski definition) is 3. The van der Waals surface area contributed by atoms with Crippen molar-refractivity contribution in [3.63, 3.8) is 0 Å². The number of alkyl halides is 3. The van der Waals surface area contributed by atoms with Crippen LogP contribution in [0.4, 0.5) is 34.9 Å². The Balaban J connectivity index is 1.57. The molecule has 0 saturated carbocycles. The fraction of sp³-hybridized carbons (Fsp3) is 0.522. The average molecular weight is 533 g/mol. The van der Waals surface area contributed by atoms with Gasteiger partial charge in [-0.15, -0.1) is 0 Å². The highest BCUT2D eigenvalue weighted by Gasteiger charge is 2.32. The van der Waals surface area contributed by atoms with Crippen molar-refractivity contribution in [3.05, 3.63) is 40.9 Å². The molecular weight excluding hydrogens is 504 g/mol. The molecule has 2 aromatic rings. The van der Waals surface area contributed by atoms with Gasteiger partial charge in [-0.3, -0.25) is 0 Å². The van der Waals surface area contributed by atoms with Gasteiger partial charge in [0, 0.05) is 29.8 Å². The second kappa shape index (κ2) is 12.4. The van der Waals surface area contributed by atoms with Crippen molar-refractivity contribution in [2.45, 2.75) is 50.9 Å². The fourth-order valence-corrected chi connectivity index (χ4v) is 4.31. The molecule has 8 nitrogen and oxygen atoms in total. The minimum Gasteiger partial charge on any atom is -0.464 e. The van der Waals surface area contributed by atoms with Gasteiger partial charge in [0.2, 0.25) is 5.82 Å². The van der Waals surface area contributed by atoms with E-state index < -0.39 is 29.6 Å². The Kier molecular flexibility index (Phi) is 9.55. The fourth-order valence-electron chi connectivity index (χ4n) is 4.07. The number of piperidine rings is 1. The van der Waals surface area contributed by atoms with Crippen molar-refractivity contribution in [1.82, 2.24) is 15.3 Å². The van der Waals surface area contributed by atoms with Crippen molar-refractivity contribution in [3.8, 4) is 0 Å². The number of benzene rings is 1. The Bertz CT molecular complexity index is 1040. The lowest BCUT2D eigenvalue weighted by atomic mass is 10.0. The molecule has 0 spiro atoms. The number of carbonyl (C=O) groups excluding carboxylic acids is 1. The number of anilines is 3. The summed E-state index contributed by atoms with van der Waals surface area (Å²) in [7, 11) is 0. The van der Waals surface area contributed by atoms with Crippen LogP contribution in [-0.4, -0.2) is 54.3 Å². The number of esters is 1. The van der Waals surface area contributed by atoms with E-state index in [0.717, 1.165) is 25.0 Å². The SMILES string of the molecule is CCOC(=O)C(CCCNC1CCCN(c2ncnc(N)c2F)C1)Nc1cc(Cl)cc(C(F)(F)F)c1. The van der Waals surface area contributed by atoms with Crippen LogP contribution in [0.1, 0.15) is 38.2 Å². The van der Waals surface area contributed by atoms with Gasteiger partial charge in [-0.2, -0.15) is 17.6 Å². The van der Waals surface area contributed by atoms with Gasteiger partial charge in [-0.05, 0) is 57.4 Å². The van der Waals surface area contributed by atoms with E-state index in [2.05, 4.69) is 20.6 Å². The molecule has 36 heavy (non-hydrogen) atoms. The standard InChI is InChI=1S/C23H29ClF4N6O2/c1-2-36-22(35)18(33-17-10-14(23(26,27)28)9-15(24)11-17)6-3-7-30-16-5-4-8-34(12-16)21-19(25)20(29)31-13-32-21/h9-11,13,16,18,30,33H,2-8,12H2,1H3,(H2,29,31,32). The van der Waals surface area contributed by atoms with Crippen LogP contribution in [0.5, 0.6) is 0 Å². The number of rotatable bonds is 10. The van der Waals surface area contributed by atoms with Crippen molar-refractivity contribution in [1.29, 1.82) is 0 Å². The van der Waals surface area contributed by atoms with Crippen LogP contribution in [0.25, 0.3) is 0 Å². The summed E-state index contributed by atoms with van der Waals surface area (Å²) < 4.78 is 58.8. The highest BCUT2D eigenvalue weighted by Crippen LogP contribution is 2.33. The molecule has 1 aromatic heterocycles. The molecular formula is C23H29ClF4N6O2. The maximum Gasteiger partial charge on any atom is 0.416 e. The molecule has 198 valence electrons. The average Bonchev–Trinajstić information content (AvgIpc) is 2.82. The van der Waals surface area contributed by atoms with E-state index in [1.54, 1.807) is 6.92 Å². The number of nitrogen functional groups attached to an aromatic ring is 1. The maximum atomic E-state index is 14.3. The number of aromatic nitrogens is 2. The number of hydrogen-bond acceptors (Lipinski definition) is 8. The van der Waals surface area contributed by atoms with Crippen LogP contribution in [0.3, 0.4) is 0 Å². The third-order valence-corrected chi connectivity index (χ3v) is 5.98. The predicted molar refractivity (Wildman–Crippen MR) is 129 cm³/mol. The monoisotopic (exact) mass is 532 g/mol. The van der Waals surface area contributed by atoms with Gasteiger partial charge in [0.05, 0.1) is 12.2 Å². The third-order valence-electron chi connectivity index (χ3n) is 5.76. The molecule has 1 aliphatic rings. The summed E-state index contributed by atoms with van der Waals surface area (Å²) in [6, 6.07) is 2.27. The largest absolute Gasteiger partial charge is 0.464 e. The minimum atomic E-state index is -4.57. The molecule has 1 fully saturated rings. The van der Waals surface area contributed by atoms with Crippen LogP contribution in [0.2, 0.25) is 5.02 Å². The summed E-state index contributed by atoms with van der Waals surface area (Å²) in [6.45, 7) is 3.49. The van der Waals surface area contributed by atoms with E-state index in [1.807, 2.05) is 4.90 Å². The zero-order valence-corrected chi connectivity index (χ0v) is 20.5. The van der Waals surface area contributed by atoms with Gasteiger partial charge in [0.25, 0.3) is 0 Å². The van der Waals surface area contributed by atoms with Gasteiger partial charge < -0.3 is 26.0 Å². The van der Waals surface area contributed by atoms with Gasteiger partial charge in [-0.25, -0.2) is 14.8 Å². The molecule has 1 aromatic carbocycles. The lowest BCUT2D eigenvalue weighted by Gasteiger charge is -2.34. The first-order valence-electron chi connectivity index (χ1n) is 11.6. The maximum absolute atomic E-state index is 14.3. The smallest absolute Gasteiger partial charge is 0.416 e. The number of ether oxygens (including phenoxy) is 1. The predicted octanol–water partition coefficient (Wildman–Crippen LogP) is 4.25. The molecule has 0 radical (unpaired) electrons. The Labute approximate surface area is 211 Å². The summed E-state index contributed by atoms with van der Waals surface area (Å²) >= 11 is 5.86. The van der Waals surface area contributed by atoms with Gasteiger partial charge in [-0.1, -0.05) is 11.6 Å². The second-order valence-electron chi connectivity index (χ2n) is 8.45. The topological polar surface area (TPSA) is 105 Å². The molecule has 2 heterocycles. The molecule has 2 atom stereocenters. The second-order valence-corrected chi connectivity index (χ2v) is 8.89. The molecule has 1 aliphatic heterocycles. The first-order valence-corrected chi connectivity index (χ1v) is 12.0. The van der Waals surface area contributed by atoms with E-state index >= 15 is 0 Å². The van der Waals surface area contributed by atoms with Gasteiger partial charge in [0.15, 0.2) is 11.6 Å². The summed E-state index contributed by atoms with van der Waals surface area (Å²) in [5, 5.41) is 6.13. The van der Waals surface area contributed by atoms with Gasteiger partial charge >= 0.3 is 12.1 Å². The van der Waals surface area contributed by atoms with E-state index in [9.17, 15) is 22.4 Å². The lowest BCUT2D eigenvalue weighted by Crippen LogP contribution is -2.46. The van der Waals surface area contributed by atoms with Crippen LogP contribution < -0.4 is 21.3 Å². The van der Waals surface area contributed by atoms with Crippen molar-refractivity contribution >= 4 is 34.9 Å². The zero-order chi connectivity index (χ0) is 26.3. The number of nitrogens with one attached hydrogen (secondary N) is 2. The number of nitrogens with zero attached hydrogens (tertiary/aromatic N) is 3. The van der Waals surface area contributed by atoms with Crippen molar-refractivity contribution in [2.24, 2.45) is 0 Å². The molecule has 0 aliphatic carbocycles. The number of nitrogens with two attached hydrogens (primary N) is 1. The summed E-state index contributed by atoms with van der Waals surface area (Å²) in [6.07, 6.45) is -0.795. The van der Waals surface area contributed by atoms with E-state index in [1.165, 1.54) is 12.4 Å². The van der Waals surface area contributed by atoms with E-state index in [0.29, 0.717) is 32.5 Å². The normalized spacial score (nSPS) is 17.1. The van der Waals surface area contributed by atoms with Crippen LogP contribution in [0.15, 0.2) is 24.5 Å². The highest BCUT2D eigenvalue weighted by atomic mass is 35.5. The number of halogens is 5. The molecule has 0 amide bonds. The molecule has 1 saturated heterocycles. The highest BCUT2D eigenvalue weighted by molar-refractivity contribution is 6.31. The van der Waals surface area contributed by atoms with Crippen LogP contribution in [-0.2, 0) is 15.7 Å². The first kappa shape index (κ1) is 27.7. The Hall–Kier alpha value is -2.86. The van der Waals surface area contributed by atoms with Crippen LogP contribution >= 0.6 is 11.6 Å². The molecule has 3 rings (SSSR count). The first-order chi connectivity index (χ1) is 17.1. The Morgan fingerprint density at radius 1 is 1.33 bits per heavy atom. The molecule has 13 heteroatoms. The summed E-state index contributed by atoms with van der Waals surface area (Å²) in [5.41, 5.74) is 4.72. The Morgan fingerprint density at radius 2 is 2.11 bits per heavy atom. The molecule has 2 unspecified atom stereocenters. The van der Waals surface area contributed by atoms with Crippen LogP contribution in [0, 0.1) is 5.82 Å². The third kappa shape index (κ3) is 7.57. The minimum absolute atomic E-state index is 0.0608. The number of carbonyl (C=O) groups is 1. The lowest BCUT2D eigenvalue weighted by molar-refractivity contribution is -0.144. The quantitative estimate of drug-likeness (QED) is 0.237. The van der Waals surface area contributed by atoms with E-state index in [4.69, 9.17) is 22.1 Å². The van der Waals surface area contributed by atoms with E-state index in [-0.39, 0.29) is 35.0 Å². The van der Waals surface area contributed by atoms with Crippen molar-refractivity contribution in [2.75, 3.05) is 42.2 Å². The molecule has 0 bridgehead atoms. The van der Waals surface area contributed by atoms with Crippen molar-refractivity contribution < 1.29 is 27.1 Å². The summed E-state index contributed by atoms with van der Waals surface area (Å²) in [4.78, 5) is 21.9. The Morgan fingerprint density at radius 3 is 2.83 bits per heavy atom.